The molecule has 1 amide bonds. The minimum absolute atomic E-state index is 0.265. The van der Waals surface area contributed by atoms with E-state index in [1.165, 1.54) is 63.6 Å². The zero-order chi connectivity index (χ0) is 20.1. The maximum absolute atomic E-state index is 13.1. The number of nitrogens with zero attached hydrogens (tertiary/aromatic N) is 2. The van der Waals surface area contributed by atoms with E-state index >= 15 is 0 Å². The number of hydrogen-bond acceptors (Lipinski definition) is 1. The summed E-state index contributed by atoms with van der Waals surface area (Å²) < 4.78 is 2.43. The largest absolute Gasteiger partial charge is 0.357 e. The van der Waals surface area contributed by atoms with Crippen molar-refractivity contribution in [2.75, 3.05) is 6.54 Å². The number of H-pyrrole nitrogens is 1. The van der Waals surface area contributed by atoms with E-state index < -0.39 is 0 Å². The van der Waals surface area contributed by atoms with Crippen LogP contribution in [0.5, 0.6) is 0 Å². The van der Waals surface area contributed by atoms with E-state index in [1.54, 1.807) is 0 Å². The fraction of sp³-hybridized carbons (Fsp3) is 0.346. The Morgan fingerprint density at radius 2 is 1.70 bits per heavy atom. The van der Waals surface area contributed by atoms with Crippen molar-refractivity contribution in [2.24, 2.45) is 0 Å². The molecule has 2 aromatic heterocycles. The summed E-state index contributed by atoms with van der Waals surface area (Å²) in [6.45, 7) is 2.30. The van der Waals surface area contributed by atoms with Gasteiger partial charge in [-0.2, -0.15) is 0 Å². The highest BCUT2D eigenvalue weighted by molar-refractivity contribution is 5.87. The van der Waals surface area contributed by atoms with Crippen LogP contribution < -0.4 is 0 Å². The first-order chi connectivity index (χ1) is 14.8. The average Bonchev–Trinajstić information content (AvgIpc) is 3.32. The molecule has 0 spiro atoms. The number of nitrogens with one attached hydrogen (secondary N) is 1. The third-order valence-electron chi connectivity index (χ3n) is 7.07. The van der Waals surface area contributed by atoms with E-state index in [0.29, 0.717) is 13.0 Å². The molecule has 1 aliphatic heterocycles. The van der Waals surface area contributed by atoms with Crippen LogP contribution >= 0.6 is 0 Å². The average molecular weight is 398 g/mol. The van der Waals surface area contributed by atoms with Gasteiger partial charge in [-0.25, -0.2) is 0 Å². The monoisotopic (exact) mass is 397 g/mol. The van der Waals surface area contributed by atoms with Crippen LogP contribution in [0.3, 0.4) is 0 Å². The molecule has 3 heterocycles. The molecule has 0 unspecified atom stereocenters. The van der Waals surface area contributed by atoms with Gasteiger partial charge in [0, 0.05) is 52.7 Å². The zero-order valence-corrected chi connectivity index (χ0v) is 17.3. The predicted octanol–water partition coefficient (Wildman–Crippen LogP) is 4.98. The fourth-order valence-corrected chi connectivity index (χ4v) is 5.61. The molecule has 4 heteroatoms. The summed E-state index contributed by atoms with van der Waals surface area (Å²) in [5, 5.41) is 2.70. The fourth-order valence-electron chi connectivity index (χ4n) is 5.61. The van der Waals surface area contributed by atoms with Crippen molar-refractivity contribution >= 4 is 27.7 Å². The van der Waals surface area contributed by atoms with E-state index in [-0.39, 0.29) is 5.91 Å². The molecule has 6 rings (SSSR count). The first kappa shape index (κ1) is 17.8. The van der Waals surface area contributed by atoms with Crippen LogP contribution in [0.1, 0.15) is 41.8 Å². The maximum atomic E-state index is 13.1. The molecular formula is C26H27N3O. The number of para-hydroxylation sites is 2. The number of hydrogen-bond donors (Lipinski definition) is 1. The Hall–Kier alpha value is -3.01. The Morgan fingerprint density at radius 1 is 0.900 bits per heavy atom. The van der Waals surface area contributed by atoms with Crippen molar-refractivity contribution in [1.82, 2.24) is 14.5 Å². The van der Waals surface area contributed by atoms with Crippen molar-refractivity contribution in [3.63, 3.8) is 0 Å². The Kier molecular flexibility index (Phi) is 4.19. The Labute approximate surface area is 176 Å². The molecule has 30 heavy (non-hydrogen) atoms. The van der Waals surface area contributed by atoms with Gasteiger partial charge >= 0.3 is 0 Å². The van der Waals surface area contributed by atoms with Crippen LogP contribution in [0.15, 0.2) is 48.5 Å². The number of aryl methyl sites for hydroxylation is 2. The van der Waals surface area contributed by atoms with Gasteiger partial charge in [-0.15, -0.1) is 0 Å². The van der Waals surface area contributed by atoms with Crippen molar-refractivity contribution < 1.29 is 4.79 Å². The number of rotatable bonds is 3. The molecule has 0 bridgehead atoms. The second-order valence-electron chi connectivity index (χ2n) is 8.74. The third kappa shape index (κ3) is 2.78. The number of carbonyl (C=O) groups excluding carboxylic acids is 1. The van der Waals surface area contributed by atoms with Gasteiger partial charge in [0.2, 0.25) is 5.91 Å². The minimum atomic E-state index is 0.265. The van der Waals surface area contributed by atoms with E-state index in [1.807, 2.05) is 4.90 Å². The van der Waals surface area contributed by atoms with Gasteiger partial charge in [-0.1, -0.05) is 36.4 Å². The first-order valence-corrected chi connectivity index (χ1v) is 11.2. The molecule has 0 fully saturated rings. The maximum Gasteiger partial charge on any atom is 0.224 e. The summed E-state index contributed by atoms with van der Waals surface area (Å²) in [4.78, 5) is 18.7. The molecule has 1 N–H and O–H groups in total. The van der Waals surface area contributed by atoms with E-state index in [0.717, 1.165) is 25.9 Å². The van der Waals surface area contributed by atoms with Gasteiger partial charge < -0.3 is 14.5 Å². The third-order valence-corrected chi connectivity index (χ3v) is 7.07. The summed E-state index contributed by atoms with van der Waals surface area (Å²) in [5.41, 5.74) is 8.06. The van der Waals surface area contributed by atoms with Gasteiger partial charge in [0.05, 0.1) is 6.54 Å². The van der Waals surface area contributed by atoms with Gasteiger partial charge in [0.25, 0.3) is 0 Å². The molecule has 2 aliphatic rings. The van der Waals surface area contributed by atoms with E-state index in [9.17, 15) is 4.79 Å². The topological polar surface area (TPSA) is 41.0 Å². The van der Waals surface area contributed by atoms with Crippen LogP contribution in [0.25, 0.3) is 21.8 Å². The molecule has 2 aromatic carbocycles. The Balaban J connectivity index is 1.23. The smallest absolute Gasteiger partial charge is 0.224 e. The normalized spacial score (nSPS) is 16.1. The van der Waals surface area contributed by atoms with Gasteiger partial charge in [0.1, 0.15) is 0 Å². The standard InChI is InChI=1S/C26H27N3O/c30-26(28-15-13-19-18-7-1-4-10-22(18)27-23(19)17-28)14-16-29-24-11-5-2-8-20(24)21-9-3-6-12-25(21)29/h1-2,4-5,7-8,10-11,27H,3,6,9,12-17H2. The minimum Gasteiger partial charge on any atom is -0.357 e. The summed E-state index contributed by atoms with van der Waals surface area (Å²) >= 11 is 0. The van der Waals surface area contributed by atoms with Crippen molar-refractivity contribution in [3.05, 3.63) is 71.0 Å². The Morgan fingerprint density at radius 3 is 2.63 bits per heavy atom. The number of aromatic amines is 1. The van der Waals surface area contributed by atoms with Crippen LogP contribution in [0, 0.1) is 0 Å². The molecule has 1 aliphatic carbocycles. The molecular weight excluding hydrogens is 370 g/mol. The highest BCUT2D eigenvalue weighted by Gasteiger charge is 2.25. The molecule has 4 aromatic rings. The predicted molar refractivity (Wildman–Crippen MR) is 121 cm³/mol. The SMILES string of the molecule is O=C(CCn1c2c(c3ccccc31)CCCC2)N1CCc2c([nH]c3ccccc23)C1. The van der Waals surface area contributed by atoms with Crippen LogP contribution in [0.2, 0.25) is 0 Å². The van der Waals surface area contributed by atoms with Crippen molar-refractivity contribution in [3.8, 4) is 0 Å². The zero-order valence-electron chi connectivity index (χ0n) is 17.3. The molecule has 0 saturated carbocycles. The lowest BCUT2D eigenvalue weighted by Gasteiger charge is -2.27. The summed E-state index contributed by atoms with van der Waals surface area (Å²) in [7, 11) is 0. The lowest BCUT2D eigenvalue weighted by Crippen LogP contribution is -2.36. The van der Waals surface area contributed by atoms with Gasteiger partial charge in [-0.05, 0) is 55.4 Å². The molecule has 0 radical (unpaired) electrons. The molecule has 152 valence electrons. The number of fused-ring (bicyclic) bond motifs is 6. The van der Waals surface area contributed by atoms with Crippen molar-refractivity contribution in [1.29, 1.82) is 0 Å². The summed E-state index contributed by atoms with van der Waals surface area (Å²) in [5.74, 6) is 0.265. The lowest BCUT2D eigenvalue weighted by atomic mass is 9.95. The highest BCUT2D eigenvalue weighted by Crippen LogP contribution is 2.33. The number of amides is 1. The van der Waals surface area contributed by atoms with Gasteiger partial charge in [-0.3, -0.25) is 4.79 Å². The van der Waals surface area contributed by atoms with Crippen LogP contribution in [-0.4, -0.2) is 26.9 Å². The Bertz CT molecular complexity index is 1260. The number of aromatic nitrogens is 2. The molecule has 0 atom stereocenters. The highest BCUT2D eigenvalue weighted by atomic mass is 16.2. The van der Waals surface area contributed by atoms with E-state index in [2.05, 4.69) is 58.1 Å². The van der Waals surface area contributed by atoms with Crippen LogP contribution in [-0.2, 0) is 37.1 Å². The number of carbonyl (C=O) groups is 1. The second-order valence-corrected chi connectivity index (χ2v) is 8.74. The lowest BCUT2D eigenvalue weighted by molar-refractivity contribution is -0.132. The van der Waals surface area contributed by atoms with Crippen LogP contribution in [0.4, 0.5) is 0 Å². The summed E-state index contributed by atoms with van der Waals surface area (Å²) in [6.07, 6.45) is 6.35. The molecule has 4 nitrogen and oxygen atoms in total. The van der Waals surface area contributed by atoms with Gasteiger partial charge in [0.15, 0.2) is 0 Å². The first-order valence-electron chi connectivity index (χ1n) is 11.2. The van der Waals surface area contributed by atoms with Crippen molar-refractivity contribution in [2.45, 2.75) is 51.6 Å². The molecule has 0 saturated heterocycles. The van der Waals surface area contributed by atoms with E-state index in [4.69, 9.17) is 0 Å². The number of benzene rings is 2. The summed E-state index contributed by atoms with van der Waals surface area (Å²) in [6, 6.07) is 17.2. The quantitative estimate of drug-likeness (QED) is 0.521. The second kappa shape index (κ2) is 7.05.